The van der Waals surface area contributed by atoms with Crippen LogP contribution in [0.1, 0.15) is 44.6 Å². The van der Waals surface area contributed by atoms with E-state index in [0.29, 0.717) is 0 Å². The van der Waals surface area contributed by atoms with Gasteiger partial charge in [-0.05, 0) is 44.0 Å². The van der Waals surface area contributed by atoms with Crippen molar-refractivity contribution < 1.29 is 4.74 Å². The maximum absolute atomic E-state index is 6.20. The summed E-state index contributed by atoms with van der Waals surface area (Å²) in [5.74, 6) is 0.976. The van der Waals surface area contributed by atoms with Gasteiger partial charge in [0.25, 0.3) is 0 Å². The van der Waals surface area contributed by atoms with E-state index >= 15 is 0 Å². The van der Waals surface area contributed by atoms with Crippen molar-refractivity contribution >= 4 is 11.6 Å². The largest absolute Gasteiger partial charge is 0.496 e. The van der Waals surface area contributed by atoms with Gasteiger partial charge in [-0.25, -0.2) is 0 Å². The molecule has 2 rings (SSSR count). The Labute approximate surface area is 121 Å². The van der Waals surface area contributed by atoms with Gasteiger partial charge in [0.05, 0.1) is 7.11 Å². The predicted molar refractivity (Wildman–Crippen MR) is 81.3 cm³/mol. The molecule has 0 amide bonds. The number of nitrogens with one attached hydrogen (secondary N) is 1. The van der Waals surface area contributed by atoms with Crippen LogP contribution in [0.4, 0.5) is 0 Å². The van der Waals surface area contributed by atoms with Crippen LogP contribution in [-0.4, -0.2) is 20.2 Å². The van der Waals surface area contributed by atoms with Crippen LogP contribution in [0.25, 0.3) is 0 Å². The highest BCUT2D eigenvalue weighted by Gasteiger charge is 2.37. The topological polar surface area (TPSA) is 21.3 Å². The van der Waals surface area contributed by atoms with Gasteiger partial charge in [0.15, 0.2) is 0 Å². The van der Waals surface area contributed by atoms with Gasteiger partial charge in [-0.3, -0.25) is 0 Å². The zero-order valence-corrected chi connectivity index (χ0v) is 12.7. The third kappa shape index (κ3) is 3.24. The van der Waals surface area contributed by atoms with Crippen LogP contribution in [0.2, 0.25) is 5.02 Å². The average Bonchev–Trinajstić information content (AvgIpc) is 2.89. The van der Waals surface area contributed by atoms with E-state index in [1.165, 1.54) is 37.7 Å². The molecule has 0 radical (unpaired) electrons. The lowest BCUT2D eigenvalue weighted by molar-refractivity contribution is 0.362. The molecule has 0 atom stereocenters. The number of halogens is 1. The lowest BCUT2D eigenvalue weighted by Crippen LogP contribution is -2.36. The molecule has 1 N–H and O–H groups in total. The lowest BCUT2D eigenvalue weighted by Gasteiger charge is -2.31. The molecule has 1 aliphatic carbocycles. The summed E-state index contributed by atoms with van der Waals surface area (Å²) in [6.07, 6.45) is 6.20. The summed E-state index contributed by atoms with van der Waals surface area (Å²) in [5, 5.41) is 4.39. The summed E-state index contributed by atoms with van der Waals surface area (Å²) in [4.78, 5) is 0. The Morgan fingerprint density at radius 2 is 2.05 bits per heavy atom. The quantitative estimate of drug-likeness (QED) is 0.791. The first-order valence-corrected chi connectivity index (χ1v) is 7.64. The Balaban J connectivity index is 2.30. The molecule has 0 bridgehead atoms. The summed E-state index contributed by atoms with van der Waals surface area (Å²) >= 11 is 6.20. The monoisotopic (exact) mass is 281 g/mol. The number of hydrogen-bond acceptors (Lipinski definition) is 2. The fourth-order valence-electron chi connectivity index (χ4n) is 3.19. The van der Waals surface area contributed by atoms with Crippen molar-refractivity contribution in [3.63, 3.8) is 0 Å². The van der Waals surface area contributed by atoms with Crippen LogP contribution in [0.5, 0.6) is 5.75 Å². The summed E-state index contributed by atoms with van der Waals surface area (Å²) < 4.78 is 5.56. The molecule has 1 aliphatic rings. The second-order valence-corrected chi connectivity index (χ2v) is 5.95. The normalized spacial score (nSPS) is 17.6. The van der Waals surface area contributed by atoms with E-state index in [1.807, 2.05) is 12.1 Å². The van der Waals surface area contributed by atoms with Crippen molar-refractivity contribution in [2.45, 2.75) is 44.4 Å². The molecular weight excluding hydrogens is 258 g/mol. The van der Waals surface area contributed by atoms with Crippen molar-refractivity contribution in [2.75, 3.05) is 20.2 Å². The van der Waals surface area contributed by atoms with Gasteiger partial charge in [-0.2, -0.15) is 0 Å². The van der Waals surface area contributed by atoms with E-state index in [-0.39, 0.29) is 5.41 Å². The van der Waals surface area contributed by atoms with Crippen LogP contribution < -0.4 is 10.1 Å². The van der Waals surface area contributed by atoms with Crippen molar-refractivity contribution in [3.8, 4) is 5.75 Å². The third-order valence-corrected chi connectivity index (χ3v) is 4.42. The maximum Gasteiger partial charge on any atom is 0.122 e. The minimum atomic E-state index is 0.200. The molecule has 0 saturated heterocycles. The molecule has 1 aromatic rings. The van der Waals surface area contributed by atoms with Crippen molar-refractivity contribution in [3.05, 3.63) is 28.8 Å². The third-order valence-electron chi connectivity index (χ3n) is 4.18. The first-order valence-electron chi connectivity index (χ1n) is 7.26. The predicted octanol–water partition coefficient (Wildman–Crippen LogP) is 4.16. The molecular formula is C16H24ClNO. The highest BCUT2D eigenvalue weighted by atomic mass is 35.5. The van der Waals surface area contributed by atoms with E-state index in [9.17, 15) is 0 Å². The molecule has 0 spiro atoms. The Kier molecular flexibility index (Phi) is 5.12. The SMILES string of the molecule is CCCNCC1(c2cc(Cl)ccc2OC)CCCC1. The highest BCUT2D eigenvalue weighted by molar-refractivity contribution is 6.30. The van der Waals surface area contributed by atoms with Gasteiger partial charge in [-0.15, -0.1) is 0 Å². The Bertz CT molecular complexity index is 413. The van der Waals surface area contributed by atoms with E-state index in [2.05, 4.69) is 18.3 Å². The second-order valence-electron chi connectivity index (χ2n) is 5.51. The highest BCUT2D eigenvalue weighted by Crippen LogP contribution is 2.45. The molecule has 0 unspecified atom stereocenters. The molecule has 1 fully saturated rings. The summed E-state index contributed by atoms with van der Waals surface area (Å²) in [6.45, 7) is 4.30. The van der Waals surface area contributed by atoms with Crippen molar-refractivity contribution in [1.82, 2.24) is 5.32 Å². The standard InChI is InChI=1S/C16H24ClNO/c1-3-10-18-12-16(8-4-5-9-16)14-11-13(17)6-7-15(14)19-2/h6-7,11,18H,3-5,8-10,12H2,1-2H3. The molecule has 1 aromatic carbocycles. The first kappa shape index (κ1) is 14.7. The lowest BCUT2D eigenvalue weighted by atomic mass is 9.78. The number of rotatable bonds is 6. The number of hydrogen-bond donors (Lipinski definition) is 1. The summed E-state index contributed by atoms with van der Waals surface area (Å²) in [7, 11) is 1.74. The van der Waals surface area contributed by atoms with Crippen LogP contribution in [0, 0.1) is 0 Å². The molecule has 3 heteroatoms. The number of ether oxygens (including phenoxy) is 1. The Morgan fingerprint density at radius 3 is 2.68 bits per heavy atom. The van der Waals surface area contributed by atoms with Crippen LogP contribution >= 0.6 is 11.6 Å². The van der Waals surface area contributed by atoms with E-state index in [1.54, 1.807) is 7.11 Å². The fraction of sp³-hybridized carbons (Fsp3) is 0.625. The molecule has 106 valence electrons. The van der Waals surface area contributed by atoms with Gasteiger partial charge in [0.2, 0.25) is 0 Å². The van der Waals surface area contributed by atoms with Crippen molar-refractivity contribution in [2.24, 2.45) is 0 Å². The number of methoxy groups -OCH3 is 1. The summed E-state index contributed by atoms with van der Waals surface area (Å²) in [6, 6.07) is 6.00. The first-order chi connectivity index (χ1) is 9.22. The number of benzene rings is 1. The molecule has 0 heterocycles. The van der Waals surface area contributed by atoms with Crippen molar-refractivity contribution in [1.29, 1.82) is 0 Å². The molecule has 1 saturated carbocycles. The minimum absolute atomic E-state index is 0.200. The Hall–Kier alpha value is -0.730. The van der Waals surface area contributed by atoms with Gasteiger partial charge < -0.3 is 10.1 Å². The zero-order chi connectivity index (χ0) is 13.7. The minimum Gasteiger partial charge on any atom is -0.496 e. The van der Waals surface area contributed by atoms with Crippen LogP contribution in [0.15, 0.2) is 18.2 Å². The van der Waals surface area contributed by atoms with E-state index in [4.69, 9.17) is 16.3 Å². The molecule has 0 aromatic heterocycles. The zero-order valence-electron chi connectivity index (χ0n) is 12.0. The molecule has 2 nitrogen and oxygen atoms in total. The summed E-state index contributed by atoms with van der Waals surface area (Å²) in [5.41, 5.74) is 1.48. The van der Waals surface area contributed by atoms with Gasteiger partial charge in [-0.1, -0.05) is 31.4 Å². The molecule has 0 aliphatic heterocycles. The smallest absolute Gasteiger partial charge is 0.122 e. The van der Waals surface area contributed by atoms with E-state index in [0.717, 1.165) is 23.9 Å². The van der Waals surface area contributed by atoms with Crippen LogP contribution in [0.3, 0.4) is 0 Å². The average molecular weight is 282 g/mol. The Morgan fingerprint density at radius 1 is 1.32 bits per heavy atom. The maximum atomic E-state index is 6.20. The second kappa shape index (κ2) is 6.62. The van der Waals surface area contributed by atoms with Gasteiger partial charge in [0.1, 0.15) is 5.75 Å². The van der Waals surface area contributed by atoms with Gasteiger partial charge in [0, 0.05) is 22.5 Å². The van der Waals surface area contributed by atoms with Gasteiger partial charge >= 0.3 is 0 Å². The van der Waals surface area contributed by atoms with Crippen LogP contribution in [-0.2, 0) is 5.41 Å². The van der Waals surface area contributed by atoms with E-state index < -0.39 is 0 Å². The molecule has 19 heavy (non-hydrogen) atoms. The fourth-order valence-corrected chi connectivity index (χ4v) is 3.36.